The zero-order valence-corrected chi connectivity index (χ0v) is 9.69. The summed E-state index contributed by atoms with van der Waals surface area (Å²) in [6.07, 6.45) is 4.33. The van der Waals surface area contributed by atoms with Crippen molar-refractivity contribution in [1.82, 2.24) is 4.98 Å². The van der Waals surface area contributed by atoms with Crippen molar-refractivity contribution in [3.63, 3.8) is 0 Å². The number of carbonyl (C=O) groups is 1. The van der Waals surface area contributed by atoms with E-state index in [-0.39, 0.29) is 6.61 Å². The zero-order chi connectivity index (χ0) is 11.3. The van der Waals surface area contributed by atoms with Crippen LogP contribution in [-0.2, 0) is 4.79 Å². The van der Waals surface area contributed by atoms with E-state index < -0.39 is 5.97 Å². The SMILES string of the molecule is CC(=CC(=O)O)COc1cncc(Br)c1. The Bertz CT molecular complexity index is 390. The summed E-state index contributed by atoms with van der Waals surface area (Å²) in [4.78, 5) is 14.2. The van der Waals surface area contributed by atoms with Crippen molar-refractivity contribution in [3.8, 4) is 5.75 Å². The number of hydrogen-bond acceptors (Lipinski definition) is 3. The quantitative estimate of drug-likeness (QED) is 0.854. The minimum absolute atomic E-state index is 0.241. The molecule has 0 unspecified atom stereocenters. The average Bonchev–Trinajstić information content (AvgIpc) is 2.14. The standard InChI is InChI=1S/C10H10BrNO3/c1-7(2-10(13)14)6-15-9-3-8(11)4-12-5-9/h2-5H,6H2,1H3,(H,13,14). The van der Waals surface area contributed by atoms with E-state index in [1.165, 1.54) is 0 Å². The summed E-state index contributed by atoms with van der Waals surface area (Å²) in [5.74, 6) is -0.369. The number of nitrogens with zero attached hydrogens (tertiary/aromatic N) is 1. The van der Waals surface area contributed by atoms with Crippen LogP contribution in [0.1, 0.15) is 6.92 Å². The second-order valence-electron chi connectivity index (χ2n) is 2.96. The van der Waals surface area contributed by atoms with Crippen LogP contribution < -0.4 is 4.74 Å². The summed E-state index contributed by atoms with van der Waals surface area (Å²) in [6.45, 7) is 1.93. The van der Waals surface area contributed by atoms with Gasteiger partial charge in [-0.15, -0.1) is 0 Å². The summed E-state index contributed by atoms with van der Waals surface area (Å²) >= 11 is 3.26. The van der Waals surface area contributed by atoms with E-state index in [0.29, 0.717) is 11.3 Å². The Morgan fingerprint density at radius 1 is 1.67 bits per heavy atom. The molecule has 0 amide bonds. The fourth-order valence-corrected chi connectivity index (χ4v) is 1.26. The largest absolute Gasteiger partial charge is 0.488 e. The minimum Gasteiger partial charge on any atom is -0.488 e. The van der Waals surface area contributed by atoms with Crippen molar-refractivity contribution in [2.24, 2.45) is 0 Å². The lowest BCUT2D eigenvalue weighted by molar-refractivity contribution is -0.131. The van der Waals surface area contributed by atoms with Crippen molar-refractivity contribution >= 4 is 21.9 Å². The lowest BCUT2D eigenvalue weighted by atomic mass is 10.3. The number of ether oxygens (including phenoxy) is 1. The van der Waals surface area contributed by atoms with Gasteiger partial charge in [-0.1, -0.05) is 0 Å². The molecule has 0 atom stereocenters. The Morgan fingerprint density at radius 3 is 3.00 bits per heavy atom. The Morgan fingerprint density at radius 2 is 2.40 bits per heavy atom. The van der Waals surface area contributed by atoms with Gasteiger partial charge in [0.2, 0.25) is 0 Å². The van der Waals surface area contributed by atoms with E-state index in [0.717, 1.165) is 10.5 Å². The van der Waals surface area contributed by atoms with Crippen LogP contribution in [0.4, 0.5) is 0 Å². The molecule has 4 nitrogen and oxygen atoms in total. The van der Waals surface area contributed by atoms with Gasteiger partial charge in [0.1, 0.15) is 12.4 Å². The van der Waals surface area contributed by atoms with Gasteiger partial charge in [0, 0.05) is 16.7 Å². The molecule has 80 valence electrons. The van der Waals surface area contributed by atoms with Crippen LogP contribution in [-0.4, -0.2) is 22.7 Å². The molecule has 15 heavy (non-hydrogen) atoms. The molecule has 0 bridgehead atoms. The highest BCUT2D eigenvalue weighted by atomic mass is 79.9. The summed E-state index contributed by atoms with van der Waals surface area (Å²) in [5, 5.41) is 8.47. The molecule has 1 rings (SSSR count). The molecule has 0 spiro atoms. The average molecular weight is 272 g/mol. The van der Waals surface area contributed by atoms with E-state index in [1.807, 2.05) is 0 Å². The number of aliphatic carboxylic acids is 1. The van der Waals surface area contributed by atoms with Gasteiger partial charge in [-0.25, -0.2) is 4.79 Å². The molecule has 0 aliphatic rings. The molecule has 1 N–H and O–H groups in total. The van der Waals surface area contributed by atoms with Gasteiger partial charge < -0.3 is 9.84 Å². The van der Waals surface area contributed by atoms with E-state index in [2.05, 4.69) is 20.9 Å². The highest BCUT2D eigenvalue weighted by molar-refractivity contribution is 9.10. The number of halogens is 1. The van der Waals surface area contributed by atoms with E-state index in [1.54, 1.807) is 25.4 Å². The summed E-state index contributed by atoms with van der Waals surface area (Å²) in [7, 11) is 0. The maximum Gasteiger partial charge on any atom is 0.328 e. The first-order valence-corrected chi connectivity index (χ1v) is 5.00. The maximum atomic E-state index is 10.3. The van der Waals surface area contributed by atoms with Crippen LogP contribution in [0.5, 0.6) is 5.75 Å². The number of hydrogen-bond donors (Lipinski definition) is 1. The highest BCUT2D eigenvalue weighted by Gasteiger charge is 1.98. The molecular formula is C10H10BrNO3. The van der Waals surface area contributed by atoms with Crippen LogP contribution in [0.15, 0.2) is 34.6 Å². The number of carboxylic acids is 1. The van der Waals surface area contributed by atoms with Gasteiger partial charge in [0.05, 0.1) is 6.20 Å². The molecule has 0 aliphatic heterocycles. The van der Waals surface area contributed by atoms with Crippen LogP contribution in [0.2, 0.25) is 0 Å². The number of carboxylic acid groups (broad SMARTS) is 1. The lowest BCUT2D eigenvalue weighted by Crippen LogP contribution is -2.01. The van der Waals surface area contributed by atoms with E-state index >= 15 is 0 Å². The van der Waals surface area contributed by atoms with Crippen LogP contribution >= 0.6 is 15.9 Å². The van der Waals surface area contributed by atoms with Crippen molar-refractivity contribution in [3.05, 3.63) is 34.6 Å². The first kappa shape index (κ1) is 11.7. The predicted octanol–water partition coefficient (Wildman–Crippen LogP) is 2.25. The maximum absolute atomic E-state index is 10.3. The highest BCUT2D eigenvalue weighted by Crippen LogP contribution is 2.16. The third kappa shape index (κ3) is 4.60. The van der Waals surface area contributed by atoms with Crippen LogP contribution in [0.3, 0.4) is 0 Å². The second kappa shape index (κ2) is 5.50. The summed E-state index contributed by atoms with van der Waals surface area (Å²) < 4.78 is 6.14. The molecule has 1 aromatic heterocycles. The van der Waals surface area contributed by atoms with Crippen LogP contribution in [0.25, 0.3) is 0 Å². The lowest BCUT2D eigenvalue weighted by Gasteiger charge is -2.05. The first-order valence-electron chi connectivity index (χ1n) is 4.21. The fraction of sp³-hybridized carbons (Fsp3) is 0.200. The molecule has 1 aromatic rings. The summed E-state index contributed by atoms with van der Waals surface area (Å²) in [6, 6.07) is 1.76. The van der Waals surface area contributed by atoms with E-state index in [9.17, 15) is 4.79 Å². The Hall–Kier alpha value is -1.36. The van der Waals surface area contributed by atoms with Crippen molar-refractivity contribution < 1.29 is 14.6 Å². The normalized spacial score (nSPS) is 11.2. The van der Waals surface area contributed by atoms with Gasteiger partial charge in [-0.05, 0) is 34.5 Å². The molecule has 5 heteroatoms. The summed E-state index contributed by atoms with van der Waals surface area (Å²) in [5.41, 5.74) is 0.641. The van der Waals surface area contributed by atoms with Crippen molar-refractivity contribution in [2.75, 3.05) is 6.61 Å². The fourth-order valence-electron chi connectivity index (χ4n) is 0.921. The third-order valence-corrected chi connectivity index (χ3v) is 1.95. The Balaban J connectivity index is 2.54. The number of pyridine rings is 1. The molecule has 0 aliphatic carbocycles. The van der Waals surface area contributed by atoms with Gasteiger partial charge in [-0.3, -0.25) is 4.98 Å². The predicted molar refractivity (Wildman–Crippen MR) is 58.8 cm³/mol. The topological polar surface area (TPSA) is 59.4 Å². The minimum atomic E-state index is -0.969. The van der Waals surface area contributed by atoms with E-state index in [4.69, 9.17) is 9.84 Å². The molecule has 0 saturated heterocycles. The molecular weight excluding hydrogens is 262 g/mol. The van der Waals surface area contributed by atoms with Gasteiger partial charge in [-0.2, -0.15) is 0 Å². The Labute approximate surface area is 95.7 Å². The number of rotatable bonds is 4. The molecule has 0 radical (unpaired) electrons. The molecule has 0 aromatic carbocycles. The van der Waals surface area contributed by atoms with Gasteiger partial charge in [0.15, 0.2) is 0 Å². The van der Waals surface area contributed by atoms with Crippen LogP contribution in [0, 0.1) is 0 Å². The smallest absolute Gasteiger partial charge is 0.328 e. The number of aromatic nitrogens is 1. The second-order valence-corrected chi connectivity index (χ2v) is 3.87. The van der Waals surface area contributed by atoms with Crippen molar-refractivity contribution in [2.45, 2.75) is 6.92 Å². The molecule has 1 heterocycles. The zero-order valence-electron chi connectivity index (χ0n) is 8.11. The monoisotopic (exact) mass is 271 g/mol. The van der Waals surface area contributed by atoms with Gasteiger partial charge >= 0.3 is 5.97 Å². The third-order valence-electron chi connectivity index (χ3n) is 1.52. The van der Waals surface area contributed by atoms with Crippen molar-refractivity contribution in [1.29, 1.82) is 0 Å². The first-order chi connectivity index (χ1) is 7.08. The molecule has 0 fully saturated rings. The molecule has 0 saturated carbocycles. The van der Waals surface area contributed by atoms with Gasteiger partial charge in [0.25, 0.3) is 0 Å². The Kier molecular flexibility index (Phi) is 4.30.